The zero-order chi connectivity index (χ0) is 21.1. The molecule has 0 radical (unpaired) electrons. The molecule has 158 valence electrons. The predicted octanol–water partition coefficient (Wildman–Crippen LogP) is 4.31. The van der Waals surface area contributed by atoms with Crippen LogP contribution in [-0.2, 0) is 0 Å². The van der Waals surface area contributed by atoms with Crippen molar-refractivity contribution in [1.29, 1.82) is 0 Å². The largest absolute Gasteiger partial charge is 0.468 e. The van der Waals surface area contributed by atoms with Gasteiger partial charge in [-0.2, -0.15) is 13.2 Å². The van der Waals surface area contributed by atoms with Gasteiger partial charge in [0.25, 0.3) is 0 Å². The molecule has 2 amide bonds. The van der Waals surface area contributed by atoms with Crippen LogP contribution in [0.25, 0.3) is 11.0 Å². The summed E-state index contributed by atoms with van der Waals surface area (Å²) in [6.45, 7) is -0.280. The molecule has 10 heteroatoms. The number of para-hydroxylation sites is 2. The van der Waals surface area contributed by atoms with E-state index in [1.165, 1.54) is 18.3 Å². The number of ether oxygens (including phenoxy) is 1. The molecule has 7 nitrogen and oxygen atoms in total. The molecule has 0 bridgehead atoms. The number of pyridine rings is 1. The van der Waals surface area contributed by atoms with Crippen LogP contribution in [0, 0.1) is 0 Å². The first-order valence-corrected chi connectivity index (χ1v) is 9.53. The highest BCUT2D eigenvalue weighted by atomic mass is 19.4. The van der Waals surface area contributed by atoms with Crippen LogP contribution in [0.2, 0.25) is 0 Å². The van der Waals surface area contributed by atoms with E-state index in [9.17, 15) is 18.0 Å². The molecule has 2 N–H and O–H groups in total. The van der Waals surface area contributed by atoms with E-state index in [-0.39, 0.29) is 17.8 Å². The van der Waals surface area contributed by atoms with Gasteiger partial charge >= 0.3 is 12.2 Å². The van der Waals surface area contributed by atoms with Gasteiger partial charge in [0.15, 0.2) is 6.61 Å². The molecule has 0 saturated carbocycles. The monoisotopic (exact) mass is 419 g/mol. The van der Waals surface area contributed by atoms with Crippen molar-refractivity contribution >= 4 is 22.8 Å². The molecule has 1 fully saturated rings. The molecular formula is C20H20F3N5O2. The van der Waals surface area contributed by atoms with E-state index in [2.05, 4.69) is 25.0 Å². The van der Waals surface area contributed by atoms with Crippen molar-refractivity contribution in [2.75, 3.05) is 25.0 Å². The zero-order valence-corrected chi connectivity index (χ0v) is 15.9. The Bertz CT molecular complexity index is 986. The van der Waals surface area contributed by atoms with E-state index in [0.29, 0.717) is 18.8 Å². The molecule has 1 aliphatic heterocycles. The van der Waals surface area contributed by atoms with Crippen LogP contribution in [0.4, 0.5) is 23.7 Å². The summed E-state index contributed by atoms with van der Waals surface area (Å²) in [6, 6.07) is 10.2. The molecule has 1 saturated heterocycles. The molecule has 1 aliphatic rings. The fourth-order valence-electron chi connectivity index (χ4n) is 3.45. The number of halogens is 3. The quantitative estimate of drug-likeness (QED) is 0.660. The second-order valence-corrected chi connectivity index (χ2v) is 7.14. The normalized spacial score (nSPS) is 17.2. The first-order valence-electron chi connectivity index (χ1n) is 9.53. The number of urea groups is 1. The van der Waals surface area contributed by atoms with Gasteiger partial charge in [0.1, 0.15) is 5.82 Å². The van der Waals surface area contributed by atoms with E-state index in [1.807, 2.05) is 24.3 Å². The van der Waals surface area contributed by atoms with E-state index in [0.717, 1.165) is 29.7 Å². The fraction of sp³-hybridized carbons (Fsp3) is 0.350. The summed E-state index contributed by atoms with van der Waals surface area (Å²) in [5.74, 6) is 0.808. The van der Waals surface area contributed by atoms with E-state index in [1.54, 1.807) is 4.90 Å². The Kier molecular flexibility index (Phi) is 5.47. The maximum Gasteiger partial charge on any atom is 0.422 e. The number of likely N-dealkylation sites (tertiary alicyclic amines) is 1. The SMILES string of the molecule is O=C(Nc1ccc(OCC(F)(F)F)nc1)N1CCCC(c2nc3ccccc3[nH]2)C1. The molecule has 0 spiro atoms. The number of alkyl halides is 3. The Morgan fingerprint density at radius 2 is 2.10 bits per heavy atom. The van der Waals surface area contributed by atoms with Crippen LogP contribution in [0.15, 0.2) is 42.6 Å². The number of piperidine rings is 1. The highest BCUT2D eigenvalue weighted by Crippen LogP contribution is 2.27. The second kappa shape index (κ2) is 8.21. The van der Waals surface area contributed by atoms with Gasteiger partial charge in [0.2, 0.25) is 5.88 Å². The average Bonchev–Trinajstić information content (AvgIpc) is 3.17. The van der Waals surface area contributed by atoms with Gasteiger partial charge < -0.3 is 19.9 Å². The first-order chi connectivity index (χ1) is 14.4. The van der Waals surface area contributed by atoms with Gasteiger partial charge in [-0.25, -0.2) is 14.8 Å². The Balaban J connectivity index is 1.36. The summed E-state index contributed by atoms with van der Waals surface area (Å²) in [5.41, 5.74) is 2.24. The maximum absolute atomic E-state index is 12.6. The number of anilines is 1. The fourth-order valence-corrected chi connectivity index (χ4v) is 3.45. The number of rotatable bonds is 4. The van der Waals surface area contributed by atoms with E-state index in [4.69, 9.17) is 0 Å². The minimum atomic E-state index is -4.43. The summed E-state index contributed by atoms with van der Waals surface area (Å²) in [7, 11) is 0. The van der Waals surface area contributed by atoms with Crippen molar-refractivity contribution in [3.05, 3.63) is 48.4 Å². The third-order valence-corrected chi connectivity index (χ3v) is 4.87. The highest BCUT2D eigenvalue weighted by molar-refractivity contribution is 5.89. The topological polar surface area (TPSA) is 83.1 Å². The second-order valence-electron chi connectivity index (χ2n) is 7.14. The van der Waals surface area contributed by atoms with Gasteiger partial charge in [0, 0.05) is 25.1 Å². The molecule has 1 aromatic carbocycles. The van der Waals surface area contributed by atoms with Crippen LogP contribution in [-0.4, -0.2) is 51.8 Å². The molecule has 30 heavy (non-hydrogen) atoms. The number of nitrogens with zero attached hydrogens (tertiary/aromatic N) is 3. The summed E-state index contributed by atoms with van der Waals surface area (Å²) in [6.07, 6.45) is -1.39. The van der Waals surface area contributed by atoms with Crippen molar-refractivity contribution in [1.82, 2.24) is 19.9 Å². The molecule has 2 aromatic heterocycles. The lowest BCUT2D eigenvalue weighted by molar-refractivity contribution is -0.154. The van der Waals surface area contributed by atoms with Crippen molar-refractivity contribution in [3.63, 3.8) is 0 Å². The van der Waals surface area contributed by atoms with E-state index < -0.39 is 12.8 Å². The minimum Gasteiger partial charge on any atom is -0.468 e. The molecule has 0 aliphatic carbocycles. The number of imidazole rings is 1. The predicted molar refractivity (Wildman–Crippen MR) is 104 cm³/mol. The third-order valence-electron chi connectivity index (χ3n) is 4.87. The number of nitrogens with one attached hydrogen (secondary N) is 2. The number of H-pyrrole nitrogens is 1. The molecular weight excluding hydrogens is 399 g/mol. The summed E-state index contributed by atoms with van der Waals surface area (Å²) >= 11 is 0. The number of fused-ring (bicyclic) bond motifs is 1. The number of hydrogen-bond acceptors (Lipinski definition) is 4. The Hall–Kier alpha value is -3.30. The van der Waals surface area contributed by atoms with Crippen LogP contribution in [0.5, 0.6) is 5.88 Å². The Labute approximate surface area is 170 Å². The zero-order valence-electron chi connectivity index (χ0n) is 15.9. The number of carbonyl (C=O) groups is 1. The highest BCUT2D eigenvalue weighted by Gasteiger charge is 2.29. The maximum atomic E-state index is 12.6. The van der Waals surface area contributed by atoms with Crippen LogP contribution < -0.4 is 10.1 Å². The van der Waals surface area contributed by atoms with Gasteiger partial charge in [0.05, 0.1) is 22.9 Å². The molecule has 1 unspecified atom stereocenters. The Morgan fingerprint density at radius 1 is 1.27 bits per heavy atom. The summed E-state index contributed by atoms with van der Waals surface area (Å²) in [4.78, 5) is 26.1. The molecule has 3 aromatic rings. The van der Waals surface area contributed by atoms with Crippen LogP contribution >= 0.6 is 0 Å². The Morgan fingerprint density at radius 3 is 2.83 bits per heavy atom. The van der Waals surface area contributed by atoms with Crippen molar-refractivity contribution in [3.8, 4) is 5.88 Å². The van der Waals surface area contributed by atoms with Crippen LogP contribution in [0.3, 0.4) is 0 Å². The number of hydrogen-bond donors (Lipinski definition) is 2. The number of amides is 2. The van der Waals surface area contributed by atoms with Crippen LogP contribution in [0.1, 0.15) is 24.6 Å². The number of aromatic nitrogens is 3. The van der Waals surface area contributed by atoms with Crippen molar-refractivity contribution in [2.45, 2.75) is 24.9 Å². The molecule has 1 atom stereocenters. The van der Waals surface area contributed by atoms with Crippen molar-refractivity contribution in [2.24, 2.45) is 0 Å². The minimum absolute atomic E-state index is 0.105. The summed E-state index contributed by atoms with van der Waals surface area (Å²) < 4.78 is 41.1. The number of aromatic amines is 1. The lowest BCUT2D eigenvalue weighted by atomic mass is 9.97. The third kappa shape index (κ3) is 4.81. The van der Waals surface area contributed by atoms with Gasteiger partial charge in [-0.3, -0.25) is 0 Å². The van der Waals surface area contributed by atoms with Crippen molar-refractivity contribution < 1.29 is 22.7 Å². The van der Waals surface area contributed by atoms with Gasteiger partial charge in [-0.1, -0.05) is 12.1 Å². The summed E-state index contributed by atoms with van der Waals surface area (Å²) in [5, 5.41) is 2.73. The smallest absolute Gasteiger partial charge is 0.422 e. The molecule has 3 heterocycles. The first kappa shape index (κ1) is 20.0. The molecule has 4 rings (SSSR count). The lowest BCUT2D eigenvalue weighted by Gasteiger charge is -2.31. The number of benzene rings is 1. The van der Waals surface area contributed by atoms with Gasteiger partial charge in [-0.15, -0.1) is 0 Å². The standard InChI is InChI=1S/C20H20F3N5O2/c21-20(22,23)12-30-17-8-7-14(10-24-17)25-19(29)28-9-3-4-13(11-28)18-26-15-5-1-2-6-16(15)27-18/h1-2,5-8,10,13H,3-4,9,11-12H2,(H,25,29)(H,26,27). The van der Waals surface area contributed by atoms with Gasteiger partial charge in [-0.05, 0) is 31.0 Å². The number of carbonyl (C=O) groups excluding carboxylic acids is 1. The van der Waals surface area contributed by atoms with E-state index >= 15 is 0 Å². The average molecular weight is 419 g/mol. The lowest BCUT2D eigenvalue weighted by Crippen LogP contribution is -2.41.